The monoisotopic (exact) mass is 135 g/mol. The van der Waals surface area contributed by atoms with E-state index in [0.29, 0.717) is 0 Å². The third-order valence-electron chi connectivity index (χ3n) is 1.04. The molecule has 0 bridgehead atoms. The number of rotatable bonds is 2. The molecule has 0 saturated carbocycles. The van der Waals surface area contributed by atoms with E-state index in [2.05, 4.69) is 11.4 Å². The molecule has 0 aromatic carbocycles. The molecule has 1 aliphatic rings. The van der Waals surface area contributed by atoms with Gasteiger partial charge in [-0.05, 0) is 0 Å². The van der Waals surface area contributed by atoms with Gasteiger partial charge in [-0.1, -0.05) is 6.58 Å². The lowest BCUT2D eigenvalue weighted by Crippen LogP contribution is -2.55. The summed E-state index contributed by atoms with van der Waals surface area (Å²) >= 11 is 0. The average molecular weight is 135 g/mol. The number of nitrogens with zero attached hydrogens (tertiary/aromatic N) is 1. The molecule has 0 aromatic heterocycles. The SMILES string of the molecule is C=CON1CC(F)(F)C1. The van der Waals surface area contributed by atoms with Gasteiger partial charge in [0.1, 0.15) is 19.4 Å². The number of halogens is 2. The molecule has 9 heavy (non-hydrogen) atoms. The van der Waals surface area contributed by atoms with E-state index in [-0.39, 0.29) is 13.1 Å². The summed E-state index contributed by atoms with van der Waals surface area (Å²) in [5.41, 5.74) is 0. The molecule has 0 spiro atoms. The van der Waals surface area contributed by atoms with Gasteiger partial charge in [-0.3, -0.25) is 0 Å². The molecule has 1 fully saturated rings. The van der Waals surface area contributed by atoms with Crippen molar-refractivity contribution in [2.75, 3.05) is 13.1 Å². The number of hydroxylamine groups is 2. The van der Waals surface area contributed by atoms with Crippen LogP contribution in [0.2, 0.25) is 0 Å². The van der Waals surface area contributed by atoms with E-state index in [1.807, 2.05) is 0 Å². The Labute approximate surface area is 51.7 Å². The van der Waals surface area contributed by atoms with Crippen LogP contribution in [-0.4, -0.2) is 24.1 Å². The summed E-state index contributed by atoms with van der Waals surface area (Å²) in [5.74, 6) is -2.55. The minimum Gasteiger partial charge on any atom is -0.414 e. The van der Waals surface area contributed by atoms with E-state index in [0.717, 1.165) is 11.3 Å². The molecule has 0 unspecified atom stereocenters. The molecule has 1 rings (SSSR count). The lowest BCUT2D eigenvalue weighted by Gasteiger charge is -2.36. The molecule has 4 heteroatoms. The van der Waals surface area contributed by atoms with E-state index in [9.17, 15) is 8.78 Å². The zero-order chi connectivity index (χ0) is 6.91. The van der Waals surface area contributed by atoms with Crippen LogP contribution in [0.1, 0.15) is 0 Å². The predicted molar refractivity (Wildman–Crippen MR) is 27.8 cm³/mol. The van der Waals surface area contributed by atoms with Crippen molar-refractivity contribution in [1.29, 1.82) is 0 Å². The smallest absolute Gasteiger partial charge is 0.279 e. The van der Waals surface area contributed by atoms with Crippen LogP contribution in [0.3, 0.4) is 0 Å². The fraction of sp³-hybridized carbons (Fsp3) is 0.600. The van der Waals surface area contributed by atoms with Crippen molar-refractivity contribution in [3.05, 3.63) is 12.8 Å². The largest absolute Gasteiger partial charge is 0.414 e. The average Bonchev–Trinajstić information content (AvgIpc) is 1.62. The van der Waals surface area contributed by atoms with Gasteiger partial charge in [-0.15, -0.1) is 5.06 Å². The quantitative estimate of drug-likeness (QED) is 0.524. The molecule has 52 valence electrons. The minimum absolute atomic E-state index is 0.320. The van der Waals surface area contributed by atoms with Crippen LogP contribution >= 0.6 is 0 Å². The molecule has 2 nitrogen and oxygen atoms in total. The van der Waals surface area contributed by atoms with Gasteiger partial charge in [0, 0.05) is 0 Å². The summed E-state index contributed by atoms with van der Waals surface area (Å²) in [6.45, 7) is 2.58. The predicted octanol–water partition coefficient (Wildman–Crippen LogP) is 1.01. The first-order valence-corrected chi connectivity index (χ1v) is 2.54. The van der Waals surface area contributed by atoms with Crippen molar-refractivity contribution >= 4 is 0 Å². The Kier molecular flexibility index (Phi) is 1.40. The second-order valence-electron chi connectivity index (χ2n) is 1.93. The molecule has 1 saturated heterocycles. The summed E-state index contributed by atoms with van der Waals surface area (Å²) in [6.07, 6.45) is 1.13. The highest BCUT2D eigenvalue weighted by Crippen LogP contribution is 2.26. The summed E-state index contributed by atoms with van der Waals surface area (Å²) in [5, 5.41) is 1.15. The third-order valence-corrected chi connectivity index (χ3v) is 1.04. The van der Waals surface area contributed by atoms with E-state index >= 15 is 0 Å². The van der Waals surface area contributed by atoms with Crippen molar-refractivity contribution in [3.8, 4) is 0 Å². The first-order valence-electron chi connectivity index (χ1n) is 2.54. The Morgan fingerprint density at radius 3 is 2.44 bits per heavy atom. The second kappa shape index (κ2) is 1.95. The normalized spacial score (nSPS) is 24.7. The van der Waals surface area contributed by atoms with Crippen molar-refractivity contribution < 1.29 is 13.6 Å². The minimum atomic E-state index is -2.55. The summed E-state index contributed by atoms with van der Waals surface area (Å²) in [4.78, 5) is 4.53. The van der Waals surface area contributed by atoms with Gasteiger partial charge in [-0.25, -0.2) is 8.78 Å². The Morgan fingerprint density at radius 2 is 2.11 bits per heavy atom. The van der Waals surface area contributed by atoms with Gasteiger partial charge < -0.3 is 4.84 Å². The molecule has 0 radical (unpaired) electrons. The van der Waals surface area contributed by atoms with Crippen LogP contribution in [0.15, 0.2) is 12.8 Å². The molecule has 0 N–H and O–H groups in total. The van der Waals surface area contributed by atoms with Gasteiger partial charge in [-0.2, -0.15) is 0 Å². The van der Waals surface area contributed by atoms with Gasteiger partial charge in [0.2, 0.25) is 0 Å². The van der Waals surface area contributed by atoms with Crippen molar-refractivity contribution in [2.24, 2.45) is 0 Å². The van der Waals surface area contributed by atoms with E-state index in [1.165, 1.54) is 0 Å². The highest BCUT2D eigenvalue weighted by Gasteiger charge is 2.45. The number of hydrogen-bond acceptors (Lipinski definition) is 2. The molecule has 0 atom stereocenters. The zero-order valence-corrected chi connectivity index (χ0v) is 4.81. The molecular weight excluding hydrogens is 128 g/mol. The lowest BCUT2D eigenvalue weighted by atomic mass is 10.2. The fourth-order valence-corrected chi connectivity index (χ4v) is 0.650. The standard InChI is InChI=1S/C5H7F2NO/c1-2-9-8-3-5(6,7)4-8/h2H,1,3-4H2. The van der Waals surface area contributed by atoms with Gasteiger partial charge >= 0.3 is 0 Å². The summed E-state index contributed by atoms with van der Waals surface area (Å²) in [6, 6.07) is 0. The molecule has 1 aliphatic heterocycles. The third kappa shape index (κ3) is 1.38. The van der Waals surface area contributed by atoms with Crippen LogP contribution in [0.4, 0.5) is 8.78 Å². The van der Waals surface area contributed by atoms with Crippen LogP contribution < -0.4 is 0 Å². The maximum atomic E-state index is 12.0. The maximum Gasteiger partial charge on any atom is 0.279 e. The highest BCUT2D eigenvalue weighted by molar-refractivity contribution is 4.82. The topological polar surface area (TPSA) is 12.5 Å². The van der Waals surface area contributed by atoms with Crippen LogP contribution in [0, 0.1) is 0 Å². The summed E-state index contributed by atoms with van der Waals surface area (Å²) in [7, 11) is 0. The fourth-order valence-electron chi connectivity index (χ4n) is 0.650. The lowest BCUT2D eigenvalue weighted by molar-refractivity contribution is -0.261. The molecular formula is C5H7F2NO. The van der Waals surface area contributed by atoms with Crippen molar-refractivity contribution in [1.82, 2.24) is 5.06 Å². The number of alkyl halides is 2. The Hall–Kier alpha value is -0.640. The first kappa shape index (κ1) is 6.48. The Balaban J connectivity index is 2.19. The Bertz CT molecular complexity index is 118. The van der Waals surface area contributed by atoms with E-state index < -0.39 is 5.92 Å². The Morgan fingerprint density at radius 1 is 1.56 bits per heavy atom. The maximum absolute atomic E-state index is 12.0. The van der Waals surface area contributed by atoms with Crippen LogP contribution in [0.25, 0.3) is 0 Å². The van der Waals surface area contributed by atoms with Gasteiger partial charge in [0.05, 0.1) is 0 Å². The van der Waals surface area contributed by atoms with Crippen molar-refractivity contribution in [3.63, 3.8) is 0 Å². The van der Waals surface area contributed by atoms with Crippen LogP contribution in [-0.2, 0) is 4.84 Å². The molecule has 0 aromatic rings. The molecule has 0 aliphatic carbocycles. The van der Waals surface area contributed by atoms with Crippen LogP contribution in [0.5, 0.6) is 0 Å². The number of hydrogen-bond donors (Lipinski definition) is 0. The van der Waals surface area contributed by atoms with Crippen molar-refractivity contribution in [2.45, 2.75) is 5.92 Å². The van der Waals surface area contributed by atoms with Gasteiger partial charge in [0.25, 0.3) is 5.92 Å². The zero-order valence-electron chi connectivity index (χ0n) is 4.81. The highest BCUT2D eigenvalue weighted by atomic mass is 19.3. The van der Waals surface area contributed by atoms with E-state index in [1.54, 1.807) is 0 Å². The first-order chi connectivity index (χ1) is 4.14. The van der Waals surface area contributed by atoms with E-state index in [4.69, 9.17) is 0 Å². The molecule has 0 amide bonds. The second-order valence-corrected chi connectivity index (χ2v) is 1.93. The summed E-state index contributed by atoms with van der Waals surface area (Å²) < 4.78 is 23.9. The molecule has 1 heterocycles. The van der Waals surface area contributed by atoms with Gasteiger partial charge in [0.15, 0.2) is 0 Å².